The third kappa shape index (κ3) is 8.44. The van der Waals surface area contributed by atoms with Crippen molar-refractivity contribution in [3.63, 3.8) is 0 Å². The second kappa shape index (κ2) is 18.0. The molecule has 0 amide bonds. The molecule has 8 aromatic rings. The van der Waals surface area contributed by atoms with E-state index in [-0.39, 0.29) is 12.0 Å². The average molecular weight is 834 g/mol. The second-order valence-corrected chi connectivity index (χ2v) is 15.0. The molecule has 1 atom stereocenters. The van der Waals surface area contributed by atoms with E-state index in [4.69, 9.17) is 0 Å². The van der Waals surface area contributed by atoms with Gasteiger partial charge in [-0.15, -0.1) is 0 Å². The SMILES string of the molecule is Oc1c(O)c(C(Cc2ccccc2)c2ccc(C=Cc3ccccc3)cc2)c(O)c(O)c1-c1c(O)c(O)c(N(c2ccccc2)c2ccc(C=Cc3ccccc3)cc2)c(O)c1O. The van der Waals surface area contributed by atoms with Crippen LogP contribution in [0.1, 0.15) is 44.9 Å². The van der Waals surface area contributed by atoms with Crippen LogP contribution in [-0.4, -0.2) is 40.9 Å². The number of para-hydroxylation sites is 1. The first-order valence-electron chi connectivity index (χ1n) is 20.2. The van der Waals surface area contributed by atoms with E-state index in [1.807, 2.05) is 152 Å². The van der Waals surface area contributed by atoms with Crippen LogP contribution in [0.2, 0.25) is 0 Å². The fraction of sp³-hybridized carbons (Fsp3) is 0.0370. The highest BCUT2D eigenvalue weighted by Crippen LogP contribution is 2.63. The van der Waals surface area contributed by atoms with Crippen molar-refractivity contribution in [2.24, 2.45) is 0 Å². The predicted octanol–water partition coefficient (Wildman–Crippen LogP) is 12.2. The van der Waals surface area contributed by atoms with Gasteiger partial charge in [-0.1, -0.05) is 170 Å². The Morgan fingerprint density at radius 2 is 0.698 bits per heavy atom. The summed E-state index contributed by atoms with van der Waals surface area (Å²) in [5.74, 6) is -8.64. The van der Waals surface area contributed by atoms with Gasteiger partial charge in [0.05, 0.1) is 16.7 Å². The van der Waals surface area contributed by atoms with Crippen molar-refractivity contribution >= 4 is 41.4 Å². The Balaban J connectivity index is 1.21. The highest BCUT2D eigenvalue weighted by Gasteiger charge is 2.36. The van der Waals surface area contributed by atoms with Crippen LogP contribution in [0.15, 0.2) is 170 Å². The van der Waals surface area contributed by atoms with Crippen molar-refractivity contribution in [2.45, 2.75) is 12.3 Å². The molecule has 0 fully saturated rings. The van der Waals surface area contributed by atoms with E-state index in [9.17, 15) is 40.9 Å². The summed E-state index contributed by atoms with van der Waals surface area (Å²) < 4.78 is 0. The normalized spacial score (nSPS) is 11.9. The molecule has 8 rings (SSSR count). The molecule has 0 aromatic heterocycles. The monoisotopic (exact) mass is 833 g/mol. The highest BCUT2D eigenvalue weighted by atomic mass is 16.3. The fourth-order valence-corrected chi connectivity index (χ4v) is 7.72. The lowest BCUT2D eigenvalue weighted by Gasteiger charge is -2.28. The Morgan fingerprint density at radius 3 is 1.14 bits per heavy atom. The van der Waals surface area contributed by atoms with Gasteiger partial charge in [0.15, 0.2) is 46.0 Å². The zero-order valence-corrected chi connectivity index (χ0v) is 33.8. The number of hydrogen-bond donors (Lipinski definition) is 8. The zero-order chi connectivity index (χ0) is 44.0. The average Bonchev–Trinajstić information content (AvgIpc) is 3.33. The van der Waals surface area contributed by atoms with E-state index in [0.717, 1.165) is 27.8 Å². The van der Waals surface area contributed by atoms with Crippen molar-refractivity contribution < 1.29 is 40.9 Å². The maximum absolute atomic E-state index is 11.8. The van der Waals surface area contributed by atoms with Crippen LogP contribution < -0.4 is 4.90 Å². The first-order chi connectivity index (χ1) is 30.6. The molecule has 8 aromatic carbocycles. The van der Waals surface area contributed by atoms with Crippen LogP contribution in [0, 0.1) is 0 Å². The summed E-state index contributed by atoms with van der Waals surface area (Å²) in [4.78, 5) is 1.41. The lowest BCUT2D eigenvalue weighted by atomic mass is 9.82. The summed E-state index contributed by atoms with van der Waals surface area (Å²) in [5, 5.41) is 93.8. The zero-order valence-electron chi connectivity index (χ0n) is 33.8. The molecule has 312 valence electrons. The molecule has 0 bridgehead atoms. The van der Waals surface area contributed by atoms with Crippen LogP contribution in [0.3, 0.4) is 0 Å². The van der Waals surface area contributed by atoms with Gasteiger partial charge in [-0.3, -0.25) is 0 Å². The smallest absolute Gasteiger partial charge is 0.186 e. The molecule has 0 aliphatic rings. The van der Waals surface area contributed by atoms with Crippen molar-refractivity contribution in [3.8, 4) is 57.1 Å². The van der Waals surface area contributed by atoms with Crippen LogP contribution in [0.25, 0.3) is 35.4 Å². The number of phenolic OH excluding ortho intramolecular Hbond substituents is 8. The highest BCUT2D eigenvalue weighted by molar-refractivity contribution is 5.98. The molecular weight excluding hydrogens is 791 g/mol. The molecule has 0 spiro atoms. The fourth-order valence-electron chi connectivity index (χ4n) is 7.72. The summed E-state index contributed by atoms with van der Waals surface area (Å²) in [5.41, 5.74) is 3.71. The number of benzene rings is 8. The molecular formula is C54H43NO8. The lowest BCUT2D eigenvalue weighted by molar-refractivity contribution is 0.360. The van der Waals surface area contributed by atoms with E-state index in [1.165, 1.54) is 4.90 Å². The van der Waals surface area contributed by atoms with Crippen LogP contribution >= 0.6 is 0 Å². The van der Waals surface area contributed by atoms with Gasteiger partial charge in [0.1, 0.15) is 5.69 Å². The first-order valence-corrected chi connectivity index (χ1v) is 20.2. The molecule has 0 aliphatic heterocycles. The molecule has 9 nitrogen and oxygen atoms in total. The second-order valence-electron chi connectivity index (χ2n) is 15.0. The Hall–Kier alpha value is -8.56. The Bertz CT molecular complexity index is 2860. The molecule has 0 saturated carbocycles. The molecule has 0 radical (unpaired) electrons. The summed E-state index contributed by atoms with van der Waals surface area (Å²) in [6.45, 7) is 0. The minimum absolute atomic E-state index is 0.214. The largest absolute Gasteiger partial charge is 0.504 e. The van der Waals surface area contributed by atoms with E-state index < -0.39 is 68.7 Å². The Morgan fingerprint density at radius 1 is 0.349 bits per heavy atom. The minimum Gasteiger partial charge on any atom is -0.504 e. The third-order valence-electron chi connectivity index (χ3n) is 10.9. The van der Waals surface area contributed by atoms with Gasteiger partial charge in [0, 0.05) is 17.3 Å². The van der Waals surface area contributed by atoms with Crippen LogP contribution in [0.4, 0.5) is 17.1 Å². The van der Waals surface area contributed by atoms with Gasteiger partial charge in [-0.2, -0.15) is 0 Å². The van der Waals surface area contributed by atoms with Gasteiger partial charge < -0.3 is 45.8 Å². The summed E-state index contributed by atoms with van der Waals surface area (Å²) in [6, 6.07) is 51.9. The predicted molar refractivity (Wildman–Crippen MR) is 249 cm³/mol. The van der Waals surface area contributed by atoms with Gasteiger partial charge in [-0.25, -0.2) is 0 Å². The number of rotatable bonds is 12. The van der Waals surface area contributed by atoms with Crippen LogP contribution in [0.5, 0.6) is 46.0 Å². The number of anilines is 3. The van der Waals surface area contributed by atoms with Crippen molar-refractivity contribution in [2.75, 3.05) is 4.90 Å². The Labute approximate surface area is 364 Å². The molecule has 0 heterocycles. The molecule has 0 saturated heterocycles. The van der Waals surface area contributed by atoms with Crippen molar-refractivity contribution in [1.29, 1.82) is 0 Å². The number of phenols is 8. The molecule has 9 heteroatoms. The molecule has 0 aliphatic carbocycles. The molecule has 8 N–H and O–H groups in total. The molecule has 1 unspecified atom stereocenters. The van der Waals surface area contributed by atoms with Gasteiger partial charge in [0.2, 0.25) is 0 Å². The topological polar surface area (TPSA) is 165 Å². The van der Waals surface area contributed by atoms with Crippen molar-refractivity contribution in [3.05, 3.63) is 209 Å². The maximum Gasteiger partial charge on any atom is 0.186 e. The quantitative estimate of drug-likeness (QED) is 0.0340. The Kier molecular flexibility index (Phi) is 11.7. The summed E-state index contributed by atoms with van der Waals surface area (Å²) >= 11 is 0. The summed E-state index contributed by atoms with van der Waals surface area (Å²) in [7, 11) is 0. The maximum atomic E-state index is 11.8. The first kappa shape index (κ1) is 41.2. The van der Waals surface area contributed by atoms with E-state index in [1.54, 1.807) is 42.5 Å². The van der Waals surface area contributed by atoms with Crippen molar-refractivity contribution in [1.82, 2.24) is 0 Å². The minimum atomic E-state index is -1.07. The number of nitrogens with zero attached hydrogens (tertiary/aromatic N) is 1. The standard InChI is InChI=1S/C54H43NO8/c56-47-43(42(33-38-17-9-3-10-18-38)39-29-25-36(26-30-39)23-21-34-13-5-1-6-14-34)48(57)50(59)44(49(47)58)45-51(60)53(62)46(54(63)52(45)61)55(40-19-11-4-12-20-40)41-31-27-37(28-32-41)24-22-35-15-7-2-8-16-35/h1-32,42,56-63H,33H2. The van der Waals surface area contributed by atoms with E-state index in [0.29, 0.717) is 16.9 Å². The summed E-state index contributed by atoms with van der Waals surface area (Å²) in [6.07, 6.45) is 8.01. The van der Waals surface area contributed by atoms with Gasteiger partial charge in [0.25, 0.3) is 0 Å². The van der Waals surface area contributed by atoms with E-state index >= 15 is 0 Å². The van der Waals surface area contributed by atoms with E-state index in [2.05, 4.69) is 0 Å². The molecule has 63 heavy (non-hydrogen) atoms. The van der Waals surface area contributed by atoms with Gasteiger partial charge in [-0.05, 0) is 64.1 Å². The third-order valence-corrected chi connectivity index (χ3v) is 10.9. The van der Waals surface area contributed by atoms with Crippen LogP contribution in [-0.2, 0) is 6.42 Å². The van der Waals surface area contributed by atoms with Gasteiger partial charge >= 0.3 is 0 Å². The number of aromatic hydroxyl groups is 8. The number of hydrogen-bond acceptors (Lipinski definition) is 9. The lowest BCUT2D eigenvalue weighted by Crippen LogP contribution is -2.11.